The van der Waals surface area contributed by atoms with Crippen molar-refractivity contribution in [3.05, 3.63) is 29.1 Å². The summed E-state index contributed by atoms with van der Waals surface area (Å²) >= 11 is 0. The van der Waals surface area contributed by atoms with Gasteiger partial charge in [-0.1, -0.05) is 0 Å². The second-order valence-corrected chi connectivity index (χ2v) is 7.62. The Morgan fingerprint density at radius 2 is 1.87 bits per heavy atom. The van der Waals surface area contributed by atoms with Gasteiger partial charge in [-0.3, -0.25) is 0 Å². The summed E-state index contributed by atoms with van der Waals surface area (Å²) in [7, 11) is 0. The zero-order valence-corrected chi connectivity index (χ0v) is 15.9. The van der Waals surface area contributed by atoms with Gasteiger partial charge in [0, 0.05) is 0 Å². The number of esters is 1. The zero-order chi connectivity index (χ0) is 17.5. The van der Waals surface area contributed by atoms with E-state index in [2.05, 4.69) is 39.7 Å². The summed E-state index contributed by atoms with van der Waals surface area (Å²) in [6.45, 7) is 15.0. The molecule has 0 N–H and O–H groups in total. The molecular formula is C20H33BO2. The van der Waals surface area contributed by atoms with Crippen LogP contribution in [-0.2, 0) is 22.4 Å². The van der Waals surface area contributed by atoms with Crippen molar-refractivity contribution in [3.8, 4) is 0 Å². The molecule has 1 aromatic rings. The fourth-order valence-electron chi connectivity index (χ4n) is 2.93. The van der Waals surface area contributed by atoms with Crippen LogP contribution < -0.4 is 0 Å². The molecule has 0 aromatic carbocycles. The molecule has 1 rings (SSSR count). The summed E-state index contributed by atoms with van der Waals surface area (Å²) in [5.74, 6) is 1.94. The summed E-state index contributed by atoms with van der Waals surface area (Å²) < 4.78 is 5.61. The molecule has 0 amide bonds. The van der Waals surface area contributed by atoms with E-state index in [0.29, 0.717) is 11.8 Å². The molecule has 0 aliphatic heterocycles. The molecule has 0 saturated heterocycles. The first-order valence-electron chi connectivity index (χ1n) is 9.04. The molecule has 0 radical (unpaired) electrons. The van der Waals surface area contributed by atoms with Crippen LogP contribution in [0.1, 0.15) is 78.2 Å². The molecule has 0 fully saturated rings. The standard InChI is InChI=1S/C20H33BO2/c1-7-12-20(6,9-3)15-17-16(11-10-13-21-17)14-18(22)23-19(4,5)8-2/h10-11,13H,7-9,12,14-15H2,1-6H3. The van der Waals surface area contributed by atoms with Gasteiger partial charge in [0.05, 0.1) is 0 Å². The van der Waals surface area contributed by atoms with Crippen molar-refractivity contribution in [2.75, 3.05) is 0 Å². The maximum absolute atomic E-state index is 12.3. The van der Waals surface area contributed by atoms with Crippen molar-refractivity contribution in [2.24, 2.45) is 5.41 Å². The van der Waals surface area contributed by atoms with Gasteiger partial charge in [0.1, 0.15) is 0 Å². The third-order valence-corrected chi connectivity index (χ3v) is 5.02. The third kappa shape index (κ3) is 6.49. The minimum atomic E-state index is -0.383. The first kappa shape index (κ1) is 19.9. The first-order chi connectivity index (χ1) is 10.7. The molecule has 0 saturated carbocycles. The summed E-state index contributed by atoms with van der Waals surface area (Å²) in [5.41, 5.74) is 2.32. The van der Waals surface area contributed by atoms with E-state index in [-0.39, 0.29) is 11.6 Å². The van der Waals surface area contributed by atoms with Crippen molar-refractivity contribution >= 4 is 12.9 Å². The maximum atomic E-state index is 12.3. The van der Waals surface area contributed by atoms with Crippen molar-refractivity contribution in [1.29, 1.82) is 0 Å². The summed E-state index contributed by atoms with van der Waals surface area (Å²) in [6.07, 6.45) is 5.78. The molecule has 0 bridgehead atoms. The van der Waals surface area contributed by atoms with Crippen LogP contribution in [0.2, 0.25) is 0 Å². The second-order valence-electron chi connectivity index (χ2n) is 7.62. The Kier molecular flexibility index (Phi) is 7.50. The molecule has 0 aliphatic carbocycles. The monoisotopic (exact) mass is 316 g/mol. The van der Waals surface area contributed by atoms with Crippen LogP contribution in [-0.4, -0.2) is 18.5 Å². The molecule has 1 heterocycles. The molecule has 1 aromatic heterocycles. The van der Waals surface area contributed by atoms with E-state index in [1.807, 2.05) is 26.8 Å². The average Bonchev–Trinajstić information content (AvgIpc) is 2.49. The number of ether oxygens (including phenoxy) is 1. The second kappa shape index (κ2) is 8.66. The number of carbonyl (C=O) groups is 1. The van der Waals surface area contributed by atoms with Crippen LogP contribution in [0.5, 0.6) is 0 Å². The molecular weight excluding hydrogens is 283 g/mol. The van der Waals surface area contributed by atoms with Crippen LogP contribution in [0.15, 0.2) is 18.1 Å². The fourth-order valence-corrected chi connectivity index (χ4v) is 2.93. The van der Waals surface area contributed by atoms with Crippen LogP contribution in [0.3, 0.4) is 0 Å². The van der Waals surface area contributed by atoms with Crippen molar-refractivity contribution < 1.29 is 9.53 Å². The Labute approximate surface area is 143 Å². The molecule has 3 heteroatoms. The van der Waals surface area contributed by atoms with E-state index >= 15 is 0 Å². The number of rotatable bonds is 9. The molecule has 1 atom stereocenters. The Bertz CT molecular complexity index is 510. The van der Waals surface area contributed by atoms with Gasteiger partial charge in [-0.25, -0.2) is 0 Å². The Hall–Kier alpha value is -1.12. The Balaban J connectivity index is 2.87. The van der Waals surface area contributed by atoms with Gasteiger partial charge in [-0.05, 0) is 0 Å². The van der Waals surface area contributed by atoms with E-state index in [0.717, 1.165) is 24.8 Å². The topological polar surface area (TPSA) is 26.3 Å². The molecule has 128 valence electrons. The van der Waals surface area contributed by atoms with E-state index in [4.69, 9.17) is 4.74 Å². The van der Waals surface area contributed by atoms with Crippen molar-refractivity contribution in [2.45, 2.75) is 85.7 Å². The molecule has 0 spiro atoms. The third-order valence-electron chi connectivity index (χ3n) is 5.02. The van der Waals surface area contributed by atoms with Crippen LogP contribution in [0.25, 0.3) is 0 Å². The summed E-state index contributed by atoms with van der Waals surface area (Å²) in [5, 5.41) is 0. The number of hydrogen-bond acceptors (Lipinski definition) is 2. The SMILES string of the molecule is CCCC(C)(CC)Cc1bcccc1CC(=O)OC(C)(C)CC. The van der Waals surface area contributed by atoms with Crippen molar-refractivity contribution in [1.82, 2.24) is 0 Å². The van der Waals surface area contributed by atoms with Gasteiger partial charge < -0.3 is 0 Å². The average molecular weight is 316 g/mol. The van der Waals surface area contributed by atoms with Gasteiger partial charge >= 0.3 is 143 Å². The number of carbonyl (C=O) groups excluding carboxylic acids is 1. The molecule has 1 unspecified atom stereocenters. The van der Waals surface area contributed by atoms with Gasteiger partial charge in [0.15, 0.2) is 0 Å². The van der Waals surface area contributed by atoms with E-state index in [1.165, 1.54) is 18.3 Å². The minimum absolute atomic E-state index is 0.127. The number of hydrogen-bond donors (Lipinski definition) is 0. The summed E-state index contributed by atoms with van der Waals surface area (Å²) in [4.78, 5) is 12.3. The first-order valence-corrected chi connectivity index (χ1v) is 9.04. The van der Waals surface area contributed by atoms with Crippen LogP contribution >= 0.6 is 0 Å². The van der Waals surface area contributed by atoms with Gasteiger partial charge in [0.2, 0.25) is 0 Å². The van der Waals surface area contributed by atoms with E-state index in [9.17, 15) is 4.79 Å². The van der Waals surface area contributed by atoms with Crippen LogP contribution in [0.4, 0.5) is 0 Å². The fraction of sp³-hybridized carbons (Fsp3) is 0.700. The predicted molar refractivity (Wildman–Crippen MR) is 99.0 cm³/mol. The molecule has 23 heavy (non-hydrogen) atoms. The van der Waals surface area contributed by atoms with Crippen molar-refractivity contribution in [3.63, 3.8) is 0 Å². The Morgan fingerprint density at radius 3 is 2.43 bits per heavy atom. The molecule has 0 aliphatic rings. The molecule has 2 nitrogen and oxygen atoms in total. The van der Waals surface area contributed by atoms with Gasteiger partial charge in [0.25, 0.3) is 0 Å². The quantitative estimate of drug-likeness (QED) is 0.595. The summed E-state index contributed by atoms with van der Waals surface area (Å²) in [6, 6.07) is 4.08. The van der Waals surface area contributed by atoms with Gasteiger partial charge in [-0.15, -0.1) is 0 Å². The normalized spacial score (nSPS) is 14.2. The van der Waals surface area contributed by atoms with Crippen LogP contribution in [0, 0.1) is 5.41 Å². The van der Waals surface area contributed by atoms with E-state index in [1.54, 1.807) is 0 Å². The predicted octanol–water partition coefficient (Wildman–Crippen LogP) is 5.06. The Morgan fingerprint density at radius 1 is 1.17 bits per heavy atom. The van der Waals surface area contributed by atoms with Gasteiger partial charge in [-0.2, -0.15) is 0 Å². The zero-order valence-electron chi connectivity index (χ0n) is 15.9. The van der Waals surface area contributed by atoms with E-state index < -0.39 is 0 Å².